The van der Waals surface area contributed by atoms with Crippen LogP contribution in [0.15, 0.2) is 70.1 Å². The molecule has 0 saturated carbocycles. The number of aromatic nitrogens is 3. The van der Waals surface area contributed by atoms with Crippen molar-refractivity contribution in [1.29, 1.82) is 0 Å². The molecule has 2 aromatic carbocycles. The Morgan fingerprint density at radius 1 is 1.13 bits per heavy atom. The number of carbonyl (C=O) groups excluding carboxylic acids is 1. The van der Waals surface area contributed by atoms with E-state index in [4.69, 9.17) is 0 Å². The summed E-state index contributed by atoms with van der Waals surface area (Å²) in [4.78, 5) is 30.3. The van der Waals surface area contributed by atoms with Crippen molar-refractivity contribution in [2.24, 2.45) is 0 Å². The molecule has 0 spiro atoms. The van der Waals surface area contributed by atoms with Crippen LogP contribution < -0.4 is 10.9 Å². The smallest absolute Gasteiger partial charge is 0.291 e. The number of halogens is 1. The second kappa shape index (κ2) is 8.20. The van der Waals surface area contributed by atoms with E-state index in [2.05, 4.69) is 31.3 Å². The number of Topliss-reactive ketones (excluding diaryl/α,β-unsaturated/α-hetero) is 1. The van der Waals surface area contributed by atoms with Crippen molar-refractivity contribution in [1.82, 2.24) is 14.8 Å². The molecular weight excluding hydrogens is 444 g/mol. The van der Waals surface area contributed by atoms with Gasteiger partial charge in [0.15, 0.2) is 5.78 Å². The predicted octanol–water partition coefficient (Wildman–Crippen LogP) is 5.19. The number of aryl methyl sites for hydroxylation is 1. The number of anilines is 2. The van der Waals surface area contributed by atoms with Gasteiger partial charge in [0.05, 0.1) is 16.8 Å². The van der Waals surface area contributed by atoms with E-state index in [1.54, 1.807) is 6.20 Å². The molecule has 0 aliphatic rings. The lowest BCUT2D eigenvalue weighted by atomic mass is 10.0. The average molecular weight is 463 g/mol. The molecule has 0 saturated heterocycles. The van der Waals surface area contributed by atoms with Crippen LogP contribution in [0.5, 0.6) is 0 Å². The summed E-state index contributed by atoms with van der Waals surface area (Å²) in [5, 5.41) is 8.60. The topological polar surface area (TPSA) is 76.9 Å². The number of nitrogens with zero attached hydrogens (tertiary/aromatic N) is 3. The van der Waals surface area contributed by atoms with Gasteiger partial charge in [0.2, 0.25) is 0 Å². The van der Waals surface area contributed by atoms with E-state index in [1.807, 2.05) is 61.5 Å². The van der Waals surface area contributed by atoms with Crippen LogP contribution in [0, 0.1) is 0 Å². The highest BCUT2D eigenvalue weighted by Gasteiger charge is 2.22. The van der Waals surface area contributed by atoms with Gasteiger partial charge < -0.3 is 5.32 Å². The van der Waals surface area contributed by atoms with Crippen LogP contribution in [0.4, 0.5) is 11.4 Å². The molecule has 2 heterocycles. The zero-order valence-electron chi connectivity index (χ0n) is 16.5. The number of hydrogen-bond donors (Lipinski definition) is 1. The van der Waals surface area contributed by atoms with Gasteiger partial charge in [-0.05, 0) is 32.0 Å². The first-order chi connectivity index (χ1) is 14.5. The van der Waals surface area contributed by atoms with Gasteiger partial charge in [-0.25, -0.2) is 4.68 Å². The number of nitrogens with one attached hydrogen (secondary N) is 1. The van der Waals surface area contributed by atoms with Crippen molar-refractivity contribution in [2.75, 3.05) is 5.32 Å². The molecule has 0 bridgehead atoms. The number of ketones is 1. The monoisotopic (exact) mass is 462 g/mol. The van der Waals surface area contributed by atoms with Crippen molar-refractivity contribution >= 4 is 44.0 Å². The Morgan fingerprint density at radius 3 is 2.60 bits per heavy atom. The van der Waals surface area contributed by atoms with Gasteiger partial charge >= 0.3 is 0 Å². The maximum absolute atomic E-state index is 13.2. The maximum Gasteiger partial charge on any atom is 0.291 e. The van der Waals surface area contributed by atoms with Crippen molar-refractivity contribution in [2.45, 2.75) is 20.4 Å². The molecule has 2 aromatic heterocycles. The second-order valence-corrected chi connectivity index (χ2v) is 7.71. The quantitative estimate of drug-likeness (QED) is 0.413. The van der Waals surface area contributed by atoms with Gasteiger partial charge in [-0.3, -0.25) is 14.6 Å². The van der Waals surface area contributed by atoms with Crippen LogP contribution in [-0.4, -0.2) is 20.5 Å². The van der Waals surface area contributed by atoms with E-state index in [0.29, 0.717) is 23.4 Å². The van der Waals surface area contributed by atoms with E-state index in [0.717, 1.165) is 15.4 Å². The highest BCUT2D eigenvalue weighted by atomic mass is 79.9. The van der Waals surface area contributed by atoms with Crippen LogP contribution in [0.25, 0.3) is 22.2 Å². The first-order valence-electron chi connectivity index (χ1n) is 9.52. The molecule has 4 aromatic rings. The molecule has 6 nitrogen and oxygen atoms in total. The van der Waals surface area contributed by atoms with Crippen LogP contribution in [0.3, 0.4) is 0 Å². The standard InChI is InChI=1S/C23H19BrN4O2/c1-3-28-23(30)22(19(14(2)29)21(27-28)15-8-5-4-6-9-15)26-18-13-17(24)12-16-10-7-11-25-20(16)18/h4-13,26H,3H2,1-2H3. The molecule has 0 unspecified atom stereocenters. The molecule has 0 radical (unpaired) electrons. The Kier molecular flexibility index (Phi) is 5.46. The lowest BCUT2D eigenvalue weighted by Gasteiger charge is -2.17. The Labute approximate surface area is 181 Å². The third kappa shape index (κ3) is 3.64. The number of benzene rings is 2. The highest BCUT2D eigenvalue weighted by molar-refractivity contribution is 9.10. The van der Waals surface area contributed by atoms with E-state index in [-0.39, 0.29) is 22.6 Å². The van der Waals surface area contributed by atoms with Gasteiger partial charge in [-0.1, -0.05) is 52.3 Å². The van der Waals surface area contributed by atoms with Gasteiger partial charge in [0.25, 0.3) is 5.56 Å². The molecule has 4 rings (SSSR count). The summed E-state index contributed by atoms with van der Waals surface area (Å²) in [6.07, 6.45) is 1.69. The summed E-state index contributed by atoms with van der Waals surface area (Å²) in [6.45, 7) is 3.67. The second-order valence-electron chi connectivity index (χ2n) is 6.80. The fraction of sp³-hybridized carbons (Fsp3) is 0.130. The van der Waals surface area contributed by atoms with E-state index in [1.165, 1.54) is 11.6 Å². The fourth-order valence-electron chi connectivity index (χ4n) is 3.43. The summed E-state index contributed by atoms with van der Waals surface area (Å²) in [7, 11) is 0. The third-order valence-electron chi connectivity index (χ3n) is 4.78. The molecule has 150 valence electrons. The van der Waals surface area contributed by atoms with Crippen LogP contribution in [0.2, 0.25) is 0 Å². The zero-order chi connectivity index (χ0) is 21.3. The SMILES string of the molecule is CCn1nc(-c2ccccc2)c(C(C)=O)c(Nc2cc(Br)cc3cccnc23)c1=O. The van der Waals surface area contributed by atoms with Gasteiger partial charge in [-0.2, -0.15) is 5.10 Å². The fourth-order valence-corrected chi connectivity index (χ4v) is 3.90. The molecule has 1 N–H and O–H groups in total. The first-order valence-corrected chi connectivity index (χ1v) is 10.3. The summed E-state index contributed by atoms with van der Waals surface area (Å²) in [5.74, 6) is -0.239. The normalized spacial score (nSPS) is 10.9. The predicted molar refractivity (Wildman–Crippen MR) is 122 cm³/mol. The molecule has 0 fully saturated rings. The van der Waals surface area contributed by atoms with Crippen molar-refractivity contribution < 1.29 is 4.79 Å². The first kappa shape index (κ1) is 20.0. The van der Waals surface area contributed by atoms with E-state index in [9.17, 15) is 9.59 Å². The average Bonchev–Trinajstić information content (AvgIpc) is 2.75. The summed E-state index contributed by atoms with van der Waals surface area (Å²) >= 11 is 3.51. The lowest BCUT2D eigenvalue weighted by Crippen LogP contribution is -2.28. The molecular formula is C23H19BrN4O2. The summed E-state index contributed by atoms with van der Waals surface area (Å²) in [6, 6.07) is 17.0. The number of pyridine rings is 1. The summed E-state index contributed by atoms with van der Waals surface area (Å²) < 4.78 is 2.20. The van der Waals surface area contributed by atoms with Crippen molar-refractivity contribution in [3.05, 3.63) is 81.2 Å². The van der Waals surface area contributed by atoms with Gasteiger partial charge in [0.1, 0.15) is 11.4 Å². The van der Waals surface area contributed by atoms with Gasteiger partial charge in [-0.15, -0.1) is 0 Å². The number of rotatable bonds is 5. The Morgan fingerprint density at radius 2 is 1.90 bits per heavy atom. The molecule has 0 aliphatic carbocycles. The molecule has 0 amide bonds. The Balaban J connectivity index is 2.01. The molecule has 7 heteroatoms. The molecule has 0 atom stereocenters. The van der Waals surface area contributed by atoms with E-state index >= 15 is 0 Å². The van der Waals surface area contributed by atoms with Crippen LogP contribution in [0.1, 0.15) is 24.2 Å². The van der Waals surface area contributed by atoms with Crippen LogP contribution >= 0.6 is 15.9 Å². The highest BCUT2D eigenvalue weighted by Crippen LogP contribution is 2.32. The zero-order valence-corrected chi connectivity index (χ0v) is 18.1. The third-order valence-corrected chi connectivity index (χ3v) is 5.24. The minimum Gasteiger partial charge on any atom is -0.348 e. The maximum atomic E-state index is 13.2. The number of hydrogen-bond acceptors (Lipinski definition) is 5. The molecule has 30 heavy (non-hydrogen) atoms. The van der Waals surface area contributed by atoms with Gasteiger partial charge in [0, 0.05) is 28.2 Å². The number of carbonyl (C=O) groups is 1. The van der Waals surface area contributed by atoms with E-state index < -0.39 is 0 Å². The van der Waals surface area contributed by atoms with Crippen molar-refractivity contribution in [3.8, 4) is 11.3 Å². The summed E-state index contributed by atoms with van der Waals surface area (Å²) in [5.41, 5.74) is 2.68. The minimum atomic E-state index is -0.355. The Bertz CT molecular complexity index is 1320. The number of fused-ring (bicyclic) bond motifs is 1. The largest absolute Gasteiger partial charge is 0.348 e. The molecule has 0 aliphatic heterocycles. The van der Waals surface area contributed by atoms with Crippen molar-refractivity contribution in [3.63, 3.8) is 0 Å². The minimum absolute atomic E-state index is 0.197. The van der Waals surface area contributed by atoms with Crippen LogP contribution in [-0.2, 0) is 6.54 Å². The lowest BCUT2D eigenvalue weighted by molar-refractivity contribution is 0.101. The Hall–Kier alpha value is -3.32.